The van der Waals surface area contributed by atoms with Gasteiger partial charge in [0.25, 0.3) is 0 Å². The zero-order chi connectivity index (χ0) is 18.4. The molecular formula is C22H20O3S. The molecule has 3 nitrogen and oxygen atoms in total. The van der Waals surface area contributed by atoms with Crippen molar-refractivity contribution < 1.29 is 15.0 Å². The Hall–Kier alpha value is -2.72. The first kappa shape index (κ1) is 18.1. The Morgan fingerprint density at radius 1 is 0.769 bits per heavy atom. The van der Waals surface area contributed by atoms with Gasteiger partial charge in [-0.2, -0.15) is 0 Å². The van der Waals surface area contributed by atoms with Gasteiger partial charge in [-0.15, -0.1) is 11.8 Å². The molecule has 2 N–H and O–H groups in total. The molecule has 0 aromatic heterocycles. The number of carbonyl (C=O) groups is 1. The van der Waals surface area contributed by atoms with Crippen LogP contribution in [0.25, 0.3) is 0 Å². The molecule has 0 saturated heterocycles. The summed E-state index contributed by atoms with van der Waals surface area (Å²) >= 11 is 1.60. The molecule has 3 rings (SSSR count). The predicted octanol–water partition coefficient (Wildman–Crippen LogP) is 4.89. The average molecular weight is 364 g/mol. The van der Waals surface area contributed by atoms with E-state index in [4.69, 9.17) is 5.11 Å². The van der Waals surface area contributed by atoms with Crippen LogP contribution < -0.4 is 0 Å². The third kappa shape index (κ3) is 3.75. The van der Waals surface area contributed by atoms with E-state index in [9.17, 15) is 9.90 Å². The Morgan fingerprint density at radius 2 is 1.23 bits per heavy atom. The van der Waals surface area contributed by atoms with Gasteiger partial charge in [-0.25, -0.2) is 0 Å². The van der Waals surface area contributed by atoms with Crippen LogP contribution in [0.15, 0.2) is 84.9 Å². The molecule has 132 valence electrons. The van der Waals surface area contributed by atoms with E-state index in [0.717, 1.165) is 16.7 Å². The zero-order valence-corrected chi connectivity index (χ0v) is 15.0. The van der Waals surface area contributed by atoms with Crippen LogP contribution in [-0.2, 0) is 9.54 Å². The molecule has 0 bridgehead atoms. The molecule has 0 atom stereocenters. The highest BCUT2D eigenvalue weighted by atomic mass is 32.2. The van der Waals surface area contributed by atoms with Gasteiger partial charge in [-0.1, -0.05) is 72.8 Å². The fourth-order valence-corrected chi connectivity index (χ4v) is 4.57. The van der Waals surface area contributed by atoms with E-state index < -0.39 is 10.7 Å². The van der Waals surface area contributed by atoms with Gasteiger partial charge < -0.3 is 10.2 Å². The molecule has 0 fully saturated rings. The van der Waals surface area contributed by atoms with Gasteiger partial charge in [0.2, 0.25) is 0 Å². The third-order valence-electron chi connectivity index (χ3n) is 4.27. The highest BCUT2D eigenvalue weighted by Gasteiger charge is 2.36. The quantitative estimate of drug-likeness (QED) is 0.586. The fraction of sp³-hybridized carbons (Fsp3) is 0.136. The molecule has 0 aliphatic heterocycles. The molecule has 3 aromatic rings. The second kappa shape index (κ2) is 8.11. The number of carboxylic acid groups (broad SMARTS) is 1. The van der Waals surface area contributed by atoms with Gasteiger partial charge in [0.05, 0.1) is 11.2 Å². The van der Waals surface area contributed by atoms with Crippen molar-refractivity contribution in [3.8, 4) is 5.75 Å². The van der Waals surface area contributed by atoms with Crippen molar-refractivity contribution in [2.75, 3.05) is 5.75 Å². The SMILES string of the molecule is O=C(O)CCSC(c1ccccc1)(c1ccccc1)c1ccc(O)cc1. The minimum atomic E-state index is -0.807. The predicted molar refractivity (Wildman–Crippen MR) is 106 cm³/mol. The van der Waals surface area contributed by atoms with Crippen molar-refractivity contribution in [1.82, 2.24) is 0 Å². The van der Waals surface area contributed by atoms with Crippen LogP contribution >= 0.6 is 11.8 Å². The van der Waals surface area contributed by atoms with Crippen LogP contribution in [0.5, 0.6) is 5.75 Å². The molecule has 0 amide bonds. The molecule has 26 heavy (non-hydrogen) atoms. The molecule has 0 aliphatic rings. The number of hydrogen-bond acceptors (Lipinski definition) is 3. The van der Waals surface area contributed by atoms with Crippen molar-refractivity contribution in [2.45, 2.75) is 11.2 Å². The van der Waals surface area contributed by atoms with Gasteiger partial charge >= 0.3 is 5.97 Å². The van der Waals surface area contributed by atoms with E-state index in [1.54, 1.807) is 23.9 Å². The largest absolute Gasteiger partial charge is 0.508 e. The first-order valence-corrected chi connectivity index (χ1v) is 9.38. The number of phenolic OH excluding ortho intramolecular Hbond substituents is 1. The van der Waals surface area contributed by atoms with Crippen molar-refractivity contribution >= 4 is 17.7 Å². The average Bonchev–Trinajstić information content (AvgIpc) is 2.67. The normalized spacial score (nSPS) is 11.2. The maximum absolute atomic E-state index is 11.1. The molecule has 0 saturated carbocycles. The van der Waals surface area contributed by atoms with Gasteiger partial charge in [0, 0.05) is 5.75 Å². The summed E-state index contributed by atoms with van der Waals surface area (Å²) < 4.78 is -0.550. The summed E-state index contributed by atoms with van der Waals surface area (Å²) in [6.45, 7) is 0. The topological polar surface area (TPSA) is 57.5 Å². The fourth-order valence-electron chi connectivity index (χ4n) is 3.08. The Morgan fingerprint density at radius 3 is 1.69 bits per heavy atom. The lowest BCUT2D eigenvalue weighted by Crippen LogP contribution is -2.26. The highest BCUT2D eigenvalue weighted by Crippen LogP contribution is 2.48. The molecular weight excluding hydrogens is 344 g/mol. The van der Waals surface area contributed by atoms with E-state index in [1.165, 1.54) is 0 Å². The first-order chi connectivity index (χ1) is 12.6. The lowest BCUT2D eigenvalue weighted by molar-refractivity contribution is -0.136. The molecule has 0 aliphatic carbocycles. The summed E-state index contributed by atoms with van der Waals surface area (Å²) in [5, 5.41) is 18.8. The lowest BCUT2D eigenvalue weighted by Gasteiger charge is -2.35. The van der Waals surface area contributed by atoms with E-state index in [2.05, 4.69) is 24.3 Å². The Bertz CT molecular complexity index is 806. The van der Waals surface area contributed by atoms with Gasteiger partial charge in [0.1, 0.15) is 5.75 Å². The lowest BCUT2D eigenvalue weighted by atomic mass is 9.84. The van der Waals surface area contributed by atoms with E-state index in [-0.39, 0.29) is 12.2 Å². The summed E-state index contributed by atoms with van der Waals surface area (Å²) in [5.41, 5.74) is 3.16. The van der Waals surface area contributed by atoms with Crippen LogP contribution in [0.2, 0.25) is 0 Å². The molecule has 0 unspecified atom stereocenters. The number of aromatic hydroxyl groups is 1. The van der Waals surface area contributed by atoms with E-state index in [1.807, 2.05) is 48.5 Å². The number of benzene rings is 3. The van der Waals surface area contributed by atoms with Crippen molar-refractivity contribution in [1.29, 1.82) is 0 Å². The van der Waals surface area contributed by atoms with Gasteiger partial charge in [-0.3, -0.25) is 4.79 Å². The molecule has 0 radical (unpaired) electrons. The molecule has 0 heterocycles. The highest BCUT2D eigenvalue weighted by molar-refractivity contribution is 8.00. The molecule has 4 heteroatoms. The summed E-state index contributed by atoms with van der Waals surface area (Å²) in [6.07, 6.45) is 0.0875. The van der Waals surface area contributed by atoms with Gasteiger partial charge in [-0.05, 0) is 28.8 Å². The molecule has 0 spiro atoms. The van der Waals surface area contributed by atoms with Crippen LogP contribution in [0.1, 0.15) is 23.1 Å². The van der Waals surface area contributed by atoms with E-state index in [0.29, 0.717) is 5.75 Å². The van der Waals surface area contributed by atoms with Crippen LogP contribution in [0.3, 0.4) is 0 Å². The third-order valence-corrected chi connectivity index (χ3v) is 5.82. The maximum Gasteiger partial charge on any atom is 0.304 e. The number of hydrogen-bond donors (Lipinski definition) is 2. The summed E-state index contributed by atoms with van der Waals surface area (Å²) in [4.78, 5) is 11.1. The number of thioether (sulfide) groups is 1. The van der Waals surface area contributed by atoms with E-state index >= 15 is 0 Å². The maximum atomic E-state index is 11.1. The Balaban J connectivity index is 2.19. The van der Waals surface area contributed by atoms with Gasteiger partial charge in [0.15, 0.2) is 0 Å². The van der Waals surface area contributed by atoms with Crippen LogP contribution in [0, 0.1) is 0 Å². The summed E-state index contributed by atoms with van der Waals surface area (Å²) in [6, 6.07) is 27.3. The zero-order valence-electron chi connectivity index (χ0n) is 14.2. The monoisotopic (exact) mass is 364 g/mol. The smallest absolute Gasteiger partial charge is 0.304 e. The Kier molecular flexibility index (Phi) is 5.64. The molecule has 3 aromatic carbocycles. The minimum absolute atomic E-state index is 0.0875. The van der Waals surface area contributed by atoms with Crippen molar-refractivity contribution in [2.24, 2.45) is 0 Å². The second-order valence-electron chi connectivity index (χ2n) is 5.95. The minimum Gasteiger partial charge on any atom is -0.508 e. The first-order valence-electron chi connectivity index (χ1n) is 8.39. The van der Waals surface area contributed by atoms with Crippen molar-refractivity contribution in [3.63, 3.8) is 0 Å². The summed E-state index contributed by atoms with van der Waals surface area (Å²) in [5.74, 6) is -0.127. The van der Waals surface area contributed by atoms with Crippen LogP contribution in [-0.4, -0.2) is 21.9 Å². The van der Waals surface area contributed by atoms with Crippen LogP contribution in [0.4, 0.5) is 0 Å². The van der Waals surface area contributed by atoms with Crippen molar-refractivity contribution in [3.05, 3.63) is 102 Å². The number of phenols is 1. The number of aliphatic carboxylic acids is 1. The second-order valence-corrected chi connectivity index (χ2v) is 7.26. The number of rotatable bonds is 7. The number of carboxylic acids is 1. The summed E-state index contributed by atoms with van der Waals surface area (Å²) in [7, 11) is 0. The standard InChI is InChI=1S/C22H20O3S/c23-20-13-11-19(12-14-20)22(26-16-15-21(24)25,17-7-3-1-4-8-17)18-9-5-2-6-10-18/h1-14,23H,15-16H2,(H,24,25). The Labute approximate surface area is 157 Å².